The quantitative estimate of drug-likeness (QED) is 0.790. The Hall–Kier alpha value is -1.41. The van der Waals surface area contributed by atoms with E-state index in [2.05, 4.69) is 68.7 Å². The van der Waals surface area contributed by atoms with Crippen molar-refractivity contribution < 1.29 is 0 Å². The highest BCUT2D eigenvalue weighted by atomic mass is 32.2. The number of hydrogen-bond acceptors (Lipinski definition) is 2. The molecule has 0 saturated heterocycles. The molecule has 0 aliphatic carbocycles. The van der Waals surface area contributed by atoms with E-state index in [1.807, 2.05) is 0 Å². The lowest BCUT2D eigenvalue weighted by Gasteiger charge is -2.13. The van der Waals surface area contributed by atoms with Gasteiger partial charge in [-0.25, -0.2) is 0 Å². The molecule has 100 valence electrons. The van der Waals surface area contributed by atoms with Crippen LogP contribution >= 0.6 is 11.8 Å². The summed E-state index contributed by atoms with van der Waals surface area (Å²) in [4.78, 5) is 1.30. The molecule has 0 bridgehead atoms. The number of para-hydroxylation sites is 1. The van der Waals surface area contributed by atoms with Crippen molar-refractivity contribution in [2.75, 3.05) is 11.6 Å². The molecule has 2 aromatic rings. The third kappa shape index (κ3) is 3.32. The maximum atomic E-state index is 3.55. The summed E-state index contributed by atoms with van der Waals surface area (Å²) in [6.45, 7) is 7.41. The molecule has 0 unspecified atom stereocenters. The Bertz CT molecular complexity index is 575. The van der Waals surface area contributed by atoms with E-state index in [0.717, 1.165) is 6.54 Å². The average molecular weight is 271 g/mol. The van der Waals surface area contributed by atoms with E-state index in [9.17, 15) is 0 Å². The van der Waals surface area contributed by atoms with Crippen molar-refractivity contribution in [1.82, 2.24) is 0 Å². The van der Waals surface area contributed by atoms with Gasteiger partial charge in [-0.05, 0) is 61.4 Å². The van der Waals surface area contributed by atoms with Gasteiger partial charge in [0.2, 0.25) is 0 Å². The van der Waals surface area contributed by atoms with E-state index in [1.54, 1.807) is 11.8 Å². The molecule has 2 heteroatoms. The molecule has 0 radical (unpaired) electrons. The number of benzene rings is 2. The molecular weight excluding hydrogens is 250 g/mol. The largest absolute Gasteiger partial charge is 0.380 e. The predicted octanol–water partition coefficient (Wildman–Crippen LogP) is 4.95. The lowest BCUT2D eigenvalue weighted by molar-refractivity contribution is 1.09. The van der Waals surface area contributed by atoms with Crippen molar-refractivity contribution in [2.45, 2.75) is 32.2 Å². The Morgan fingerprint density at radius 3 is 2.37 bits per heavy atom. The molecule has 0 spiro atoms. The van der Waals surface area contributed by atoms with Gasteiger partial charge in [0.1, 0.15) is 0 Å². The normalized spacial score (nSPS) is 10.5. The topological polar surface area (TPSA) is 12.0 Å². The van der Waals surface area contributed by atoms with Gasteiger partial charge >= 0.3 is 0 Å². The second kappa shape index (κ2) is 6.16. The third-order valence-corrected chi connectivity index (χ3v) is 4.32. The monoisotopic (exact) mass is 271 g/mol. The van der Waals surface area contributed by atoms with Crippen molar-refractivity contribution in [3.05, 3.63) is 58.7 Å². The van der Waals surface area contributed by atoms with Crippen LogP contribution in [0.2, 0.25) is 0 Å². The molecule has 0 saturated carbocycles. The fraction of sp³-hybridized carbons (Fsp3) is 0.294. The van der Waals surface area contributed by atoms with E-state index in [1.165, 1.54) is 32.8 Å². The maximum Gasteiger partial charge on any atom is 0.0480 e. The molecule has 0 aromatic heterocycles. The molecule has 0 amide bonds. The minimum atomic E-state index is 0.879. The maximum absolute atomic E-state index is 3.55. The summed E-state index contributed by atoms with van der Waals surface area (Å²) in [7, 11) is 0. The van der Waals surface area contributed by atoms with Crippen LogP contribution in [0.1, 0.15) is 22.3 Å². The smallest absolute Gasteiger partial charge is 0.0480 e. The van der Waals surface area contributed by atoms with Gasteiger partial charge in [0, 0.05) is 17.1 Å². The summed E-state index contributed by atoms with van der Waals surface area (Å²) < 4.78 is 0. The molecule has 0 aliphatic rings. The van der Waals surface area contributed by atoms with E-state index in [-0.39, 0.29) is 0 Å². The van der Waals surface area contributed by atoms with Gasteiger partial charge in [0.15, 0.2) is 0 Å². The molecule has 2 rings (SSSR count). The zero-order chi connectivity index (χ0) is 13.8. The van der Waals surface area contributed by atoms with Gasteiger partial charge in [-0.3, -0.25) is 0 Å². The molecule has 19 heavy (non-hydrogen) atoms. The lowest BCUT2D eigenvalue weighted by Crippen LogP contribution is -2.03. The first kappa shape index (κ1) is 14.0. The minimum absolute atomic E-state index is 0.879. The SMILES string of the molecule is CSc1ccccc1NCc1cc(C)c(C)cc1C. The minimum Gasteiger partial charge on any atom is -0.380 e. The fourth-order valence-electron chi connectivity index (χ4n) is 2.19. The Balaban J connectivity index is 2.17. The van der Waals surface area contributed by atoms with E-state index in [0.29, 0.717) is 0 Å². The fourth-order valence-corrected chi connectivity index (χ4v) is 2.77. The van der Waals surface area contributed by atoms with Crippen molar-refractivity contribution in [3.8, 4) is 0 Å². The Morgan fingerprint density at radius 2 is 1.63 bits per heavy atom. The highest BCUT2D eigenvalue weighted by Gasteiger charge is 2.04. The summed E-state index contributed by atoms with van der Waals surface area (Å²) in [5.74, 6) is 0. The van der Waals surface area contributed by atoms with Gasteiger partial charge in [0.05, 0.1) is 0 Å². The second-order valence-corrected chi connectivity index (χ2v) is 5.76. The number of nitrogens with one attached hydrogen (secondary N) is 1. The Kier molecular flexibility index (Phi) is 4.54. The summed E-state index contributed by atoms with van der Waals surface area (Å²) in [5, 5.41) is 3.55. The van der Waals surface area contributed by atoms with Crippen molar-refractivity contribution >= 4 is 17.4 Å². The van der Waals surface area contributed by atoms with Crippen molar-refractivity contribution in [2.24, 2.45) is 0 Å². The first-order valence-corrected chi connectivity index (χ1v) is 7.78. The summed E-state index contributed by atoms with van der Waals surface area (Å²) in [6.07, 6.45) is 2.11. The van der Waals surface area contributed by atoms with Gasteiger partial charge in [-0.1, -0.05) is 24.3 Å². The molecule has 0 fully saturated rings. The number of hydrogen-bond donors (Lipinski definition) is 1. The van der Waals surface area contributed by atoms with Crippen LogP contribution in [-0.2, 0) is 6.54 Å². The van der Waals surface area contributed by atoms with Crippen LogP contribution in [0.4, 0.5) is 5.69 Å². The average Bonchev–Trinajstić information content (AvgIpc) is 2.41. The van der Waals surface area contributed by atoms with Gasteiger partial charge < -0.3 is 5.32 Å². The van der Waals surface area contributed by atoms with Gasteiger partial charge in [0.25, 0.3) is 0 Å². The van der Waals surface area contributed by atoms with Crippen LogP contribution in [-0.4, -0.2) is 6.26 Å². The summed E-state index contributed by atoms with van der Waals surface area (Å²) >= 11 is 1.78. The molecule has 0 heterocycles. The molecule has 0 atom stereocenters. The number of aryl methyl sites for hydroxylation is 3. The van der Waals surface area contributed by atoms with Crippen LogP contribution in [0, 0.1) is 20.8 Å². The summed E-state index contributed by atoms with van der Waals surface area (Å²) in [6, 6.07) is 13.0. The highest BCUT2D eigenvalue weighted by molar-refractivity contribution is 7.98. The Morgan fingerprint density at radius 1 is 0.947 bits per heavy atom. The number of thioether (sulfide) groups is 1. The molecule has 1 N–H and O–H groups in total. The highest BCUT2D eigenvalue weighted by Crippen LogP contribution is 2.25. The van der Waals surface area contributed by atoms with Crippen LogP contribution in [0.15, 0.2) is 41.3 Å². The van der Waals surface area contributed by atoms with Crippen LogP contribution in [0.5, 0.6) is 0 Å². The first-order chi connectivity index (χ1) is 9.11. The predicted molar refractivity (Wildman–Crippen MR) is 86.2 cm³/mol. The summed E-state index contributed by atoms with van der Waals surface area (Å²) in [5.41, 5.74) is 6.68. The van der Waals surface area contributed by atoms with Gasteiger partial charge in [-0.15, -0.1) is 11.8 Å². The first-order valence-electron chi connectivity index (χ1n) is 6.55. The van der Waals surface area contributed by atoms with E-state index in [4.69, 9.17) is 0 Å². The lowest BCUT2D eigenvalue weighted by atomic mass is 10.0. The molecular formula is C17H21NS. The van der Waals surface area contributed by atoms with E-state index >= 15 is 0 Å². The zero-order valence-corrected chi connectivity index (χ0v) is 12.9. The third-order valence-electron chi connectivity index (χ3n) is 3.53. The van der Waals surface area contributed by atoms with Crippen LogP contribution in [0.25, 0.3) is 0 Å². The Labute approximate surface area is 120 Å². The van der Waals surface area contributed by atoms with Crippen molar-refractivity contribution in [1.29, 1.82) is 0 Å². The number of rotatable bonds is 4. The molecule has 1 nitrogen and oxygen atoms in total. The standard InChI is InChI=1S/C17H21NS/c1-12-9-14(3)15(10-13(12)2)11-18-16-7-5-6-8-17(16)19-4/h5-10,18H,11H2,1-4H3. The second-order valence-electron chi connectivity index (χ2n) is 4.92. The zero-order valence-electron chi connectivity index (χ0n) is 12.1. The van der Waals surface area contributed by atoms with Crippen LogP contribution in [0.3, 0.4) is 0 Å². The molecule has 2 aromatic carbocycles. The van der Waals surface area contributed by atoms with Crippen LogP contribution < -0.4 is 5.32 Å². The molecule has 0 aliphatic heterocycles. The van der Waals surface area contributed by atoms with Gasteiger partial charge in [-0.2, -0.15) is 0 Å². The van der Waals surface area contributed by atoms with Crippen molar-refractivity contribution in [3.63, 3.8) is 0 Å². The van der Waals surface area contributed by atoms with E-state index < -0.39 is 0 Å². The number of anilines is 1.